The van der Waals surface area contributed by atoms with Crippen LogP contribution in [0.1, 0.15) is 59.2 Å². The molecule has 1 N–H and O–H groups in total. The number of amides is 2. The molecule has 4 rings (SSSR count). The lowest BCUT2D eigenvalue weighted by Crippen LogP contribution is -3.19. The second-order valence-corrected chi connectivity index (χ2v) is 7.38. The highest BCUT2D eigenvalue weighted by Crippen LogP contribution is 2.29. The van der Waals surface area contributed by atoms with Gasteiger partial charge in [0, 0.05) is 18.1 Å². The van der Waals surface area contributed by atoms with Crippen LogP contribution in [0.2, 0.25) is 0 Å². The Morgan fingerprint density at radius 2 is 1.80 bits per heavy atom. The summed E-state index contributed by atoms with van der Waals surface area (Å²) in [7, 11) is 0. The lowest BCUT2D eigenvalue weighted by molar-refractivity contribution is -0.942. The smallest absolute Gasteiger partial charge is 0.270 e. The Morgan fingerprint density at radius 3 is 2.60 bits per heavy atom. The Morgan fingerprint density at radius 1 is 1.08 bits per heavy atom. The van der Waals surface area contributed by atoms with Crippen molar-refractivity contribution in [1.82, 2.24) is 4.90 Å². The summed E-state index contributed by atoms with van der Waals surface area (Å²) in [5.74, 6) is -0.0109. The van der Waals surface area contributed by atoms with E-state index in [1.165, 1.54) is 53.7 Å². The summed E-state index contributed by atoms with van der Waals surface area (Å²) in [5.41, 5.74) is 0.294. The van der Waals surface area contributed by atoms with Gasteiger partial charge in [-0.2, -0.15) is 0 Å². The molecule has 7 heteroatoms. The van der Waals surface area contributed by atoms with Gasteiger partial charge in [-0.3, -0.25) is 19.7 Å². The number of nitrogens with one attached hydrogen (secondary N) is 1. The molecule has 1 aromatic carbocycles. The molecule has 1 unspecified atom stereocenters. The number of imide groups is 1. The Bertz CT molecular complexity index is 746. The maximum atomic E-state index is 12.7. The van der Waals surface area contributed by atoms with Crippen molar-refractivity contribution in [1.29, 1.82) is 0 Å². The van der Waals surface area contributed by atoms with E-state index in [2.05, 4.69) is 0 Å². The molecular formula is C18H22N3O4+. The molecule has 1 aliphatic carbocycles. The van der Waals surface area contributed by atoms with Crippen LogP contribution < -0.4 is 4.90 Å². The zero-order valence-electron chi connectivity index (χ0n) is 14.1. The van der Waals surface area contributed by atoms with Gasteiger partial charge in [-0.05, 0) is 38.2 Å². The van der Waals surface area contributed by atoms with E-state index < -0.39 is 10.8 Å². The number of quaternary nitrogens is 1. The fourth-order valence-electron chi connectivity index (χ4n) is 4.80. The van der Waals surface area contributed by atoms with Crippen molar-refractivity contribution < 1.29 is 19.4 Å². The maximum absolute atomic E-state index is 12.7. The number of non-ortho nitro benzene ring substituents is 1. The molecule has 2 amide bonds. The average Bonchev–Trinajstić information content (AvgIpc) is 2.86. The van der Waals surface area contributed by atoms with Crippen LogP contribution in [0.4, 0.5) is 5.69 Å². The van der Waals surface area contributed by atoms with Crippen molar-refractivity contribution >= 4 is 17.5 Å². The van der Waals surface area contributed by atoms with Gasteiger partial charge in [0.15, 0.2) is 6.67 Å². The third-order valence-corrected chi connectivity index (χ3v) is 6.03. The number of hydrogen-bond acceptors (Lipinski definition) is 4. The summed E-state index contributed by atoms with van der Waals surface area (Å²) in [5, 5.41) is 10.9. The number of hydrogen-bond donors (Lipinski definition) is 1. The molecule has 3 aliphatic rings. The predicted octanol–water partition coefficient (Wildman–Crippen LogP) is 1.39. The number of likely N-dealkylation sites (tertiary alicyclic amines) is 1. The normalized spacial score (nSPS) is 28.6. The summed E-state index contributed by atoms with van der Waals surface area (Å²) in [6.07, 6.45) is 7.30. The van der Waals surface area contributed by atoms with E-state index in [0.717, 1.165) is 19.4 Å². The number of nitrogens with zero attached hydrogens (tertiary/aromatic N) is 2. The molecule has 1 saturated heterocycles. The molecular weight excluding hydrogens is 322 g/mol. The van der Waals surface area contributed by atoms with E-state index in [1.54, 1.807) is 0 Å². The number of nitro groups is 1. The number of rotatable bonds is 3. The molecule has 7 nitrogen and oxygen atoms in total. The third kappa shape index (κ3) is 2.72. The van der Waals surface area contributed by atoms with Crippen LogP contribution in [0.3, 0.4) is 0 Å². The topological polar surface area (TPSA) is 85.0 Å². The van der Waals surface area contributed by atoms with Crippen LogP contribution in [-0.2, 0) is 0 Å². The second kappa shape index (κ2) is 6.22. The van der Waals surface area contributed by atoms with E-state index in [-0.39, 0.29) is 22.7 Å². The van der Waals surface area contributed by atoms with Crippen LogP contribution in [-0.4, -0.2) is 40.9 Å². The number of benzene rings is 1. The Balaban J connectivity index is 1.56. The van der Waals surface area contributed by atoms with Crippen molar-refractivity contribution in [3.63, 3.8) is 0 Å². The molecule has 0 spiro atoms. The molecule has 0 aromatic heterocycles. The molecule has 1 aromatic rings. The van der Waals surface area contributed by atoms with Crippen LogP contribution in [0.5, 0.6) is 0 Å². The molecule has 2 fully saturated rings. The average molecular weight is 344 g/mol. The summed E-state index contributed by atoms with van der Waals surface area (Å²) in [6, 6.07) is 4.45. The van der Waals surface area contributed by atoms with Gasteiger partial charge in [0.1, 0.15) is 0 Å². The molecule has 25 heavy (non-hydrogen) atoms. The van der Waals surface area contributed by atoms with E-state index in [0.29, 0.717) is 18.6 Å². The first kappa shape index (κ1) is 16.2. The molecule has 2 aliphatic heterocycles. The minimum Gasteiger partial charge on any atom is -0.315 e. The minimum absolute atomic E-state index is 0.153. The predicted molar refractivity (Wildman–Crippen MR) is 89.3 cm³/mol. The minimum atomic E-state index is -0.538. The zero-order chi connectivity index (χ0) is 17.6. The SMILES string of the molecule is O=C1c2ccc([N+](=O)[O-])cc2C(=O)N1C[NH+]1CCC[C@@H]2CCCC[C@@H]21. The summed E-state index contributed by atoms with van der Waals surface area (Å²) >= 11 is 0. The fourth-order valence-corrected chi connectivity index (χ4v) is 4.80. The zero-order valence-corrected chi connectivity index (χ0v) is 14.1. The Hall–Kier alpha value is -2.28. The van der Waals surface area contributed by atoms with Crippen molar-refractivity contribution in [2.75, 3.05) is 13.2 Å². The summed E-state index contributed by atoms with van der Waals surface area (Å²) in [6.45, 7) is 1.36. The Kier molecular flexibility index (Phi) is 4.03. The summed E-state index contributed by atoms with van der Waals surface area (Å²) < 4.78 is 0. The van der Waals surface area contributed by atoms with Crippen LogP contribution in [0.15, 0.2) is 18.2 Å². The van der Waals surface area contributed by atoms with Crippen LogP contribution in [0, 0.1) is 16.0 Å². The van der Waals surface area contributed by atoms with Gasteiger partial charge in [0.2, 0.25) is 0 Å². The van der Waals surface area contributed by atoms with Crippen molar-refractivity contribution in [2.45, 2.75) is 44.6 Å². The fraction of sp³-hybridized carbons (Fsp3) is 0.556. The highest BCUT2D eigenvalue weighted by molar-refractivity contribution is 6.21. The number of carbonyl (C=O) groups is 2. The molecule has 0 bridgehead atoms. The highest BCUT2D eigenvalue weighted by Gasteiger charge is 2.43. The highest BCUT2D eigenvalue weighted by atomic mass is 16.6. The standard InChI is InChI=1S/C18H21N3O4/c22-17-14-8-7-13(21(24)25)10-15(14)18(23)20(17)11-19-9-3-5-12-4-1-2-6-16(12)19/h7-8,10,12,16H,1-6,9,11H2/p+1/t12-,16-/m0/s1. The largest absolute Gasteiger partial charge is 0.315 e. The Labute approximate surface area is 145 Å². The van der Waals surface area contributed by atoms with Crippen LogP contribution in [0.25, 0.3) is 0 Å². The van der Waals surface area contributed by atoms with Crippen molar-refractivity contribution in [3.05, 3.63) is 39.4 Å². The van der Waals surface area contributed by atoms with E-state index in [1.807, 2.05) is 0 Å². The monoisotopic (exact) mass is 344 g/mol. The van der Waals surface area contributed by atoms with Crippen LogP contribution >= 0.6 is 0 Å². The second-order valence-electron chi connectivity index (χ2n) is 7.38. The molecule has 2 heterocycles. The number of piperidine rings is 1. The third-order valence-electron chi connectivity index (χ3n) is 6.03. The lowest BCUT2D eigenvalue weighted by atomic mass is 9.78. The number of nitro benzene ring substituents is 1. The van der Waals surface area contributed by atoms with Crippen molar-refractivity contribution in [3.8, 4) is 0 Å². The first-order chi connectivity index (χ1) is 12.1. The molecule has 132 valence electrons. The van der Waals surface area contributed by atoms with E-state index >= 15 is 0 Å². The van der Waals surface area contributed by atoms with Gasteiger partial charge in [-0.1, -0.05) is 6.42 Å². The van der Waals surface area contributed by atoms with Gasteiger partial charge >= 0.3 is 0 Å². The van der Waals surface area contributed by atoms with E-state index in [9.17, 15) is 19.7 Å². The quantitative estimate of drug-likeness (QED) is 0.510. The van der Waals surface area contributed by atoms with E-state index in [4.69, 9.17) is 0 Å². The first-order valence-corrected chi connectivity index (χ1v) is 9.05. The van der Waals surface area contributed by atoms with Gasteiger partial charge in [-0.15, -0.1) is 0 Å². The number of fused-ring (bicyclic) bond motifs is 2. The van der Waals surface area contributed by atoms with Gasteiger partial charge in [-0.25, -0.2) is 4.90 Å². The molecule has 1 saturated carbocycles. The molecule has 3 atom stereocenters. The molecule has 0 radical (unpaired) electrons. The van der Waals surface area contributed by atoms with Gasteiger partial charge in [0.05, 0.1) is 28.6 Å². The van der Waals surface area contributed by atoms with Gasteiger partial charge < -0.3 is 4.90 Å². The maximum Gasteiger partial charge on any atom is 0.270 e. The number of carbonyl (C=O) groups excluding carboxylic acids is 2. The van der Waals surface area contributed by atoms with Crippen molar-refractivity contribution in [2.24, 2.45) is 5.92 Å². The lowest BCUT2D eigenvalue weighted by Gasteiger charge is -2.42. The first-order valence-electron chi connectivity index (χ1n) is 9.05. The van der Waals surface area contributed by atoms with Gasteiger partial charge in [0.25, 0.3) is 17.5 Å². The summed E-state index contributed by atoms with van der Waals surface area (Å²) in [4.78, 5) is 38.3.